The molecule has 6 rings (SSSR count). The summed E-state index contributed by atoms with van der Waals surface area (Å²) in [5.74, 6) is 0.637. The molecule has 4 aromatic rings. The van der Waals surface area contributed by atoms with Crippen molar-refractivity contribution < 1.29 is 13.2 Å². The van der Waals surface area contributed by atoms with Crippen LogP contribution in [0.4, 0.5) is 11.5 Å². The van der Waals surface area contributed by atoms with E-state index < -0.39 is 10.0 Å². The molecule has 3 heterocycles. The number of aryl methyl sites for hydroxylation is 2. The first-order valence-electron chi connectivity index (χ1n) is 15.2. The van der Waals surface area contributed by atoms with Gasteiger partial charge in [-0.3, -0.25) is 4.68 Å². The lowest BCUT2D eigenvalue weighted by atomic mass is 9.98. The number of hydrogen-bond acceptors (Lipinski definition) is 9. The zero-order chi connectivity index (χ0) is 31.2. The average Bonchev–Trinajstić information content (AvgIpc) is 3.68. The van der Waals surface area contributed by atoms with Crippen molar-refractivity contribution in [2.45, 2.75) is 57.5 Å². The Bertz CT molecular complexity index is 1810. The Morgan fingerprint density at radius 1 is 1.14 bits per heavy atom. The van der Waals surface area contributed by atoms with Gasteiger partial charge in [0.05, 0.1) is 31.1 Å². The minimum Gasteiger partial charge on any atom is -0.463 e. The number of sulfonamides is 1. The fourth-order valence-electron chi connectivity index (χ4n) is 6.50. The van der Waals surface area contributed by atoms with Crippen LogP contribution in [-0.4, -0.2) is 66.9 Å². The Morgan fingerprint density at radius 2 is 1.89 bits per heavy atom. The summed E-state index contributed by atoms with van der Waals surface area (Å²) in [5, 5.41) is 15.9. The van der Waals surface area contributed by atoms with Crippen molar-refractivity contribution in [2.24, 2.45) is 17.6 Å². The lowest BCUT2D eigenvalue weighted by molar-refractivity contribution is 0.182. The predicted molar refractivity (Wildman–Crippen MR) is 172 cm³/mol. The van der Waals surface area contributed by atoms with E-state index in [0.717, 1.165) is 50.0 Å². The van der Waals surface area contributed by atoms with E-state index in [0.29, 0.717) is 36.4 Å². The molecule has 0 bridgehead atoms. The van der Waals surface area contributed by atoms with Crippen molar-refractivity contribution in [1.29, 1.82) is 0 Å². The molecule has 0 radical (unpaired) electrons. The van der Waals surface area contributed by atoms with E-state index in [4.69, 9.17) is 19.8 Å². The maximum absolute atomic E-state index is 12.4. The number of fused-ring (bicyclic) bond motifs is 2. The summed E-state index contributed by atoms with van der Waals surface area (Å²) in [6, 6.07) is 13.3. The number of nitrogens with zero attached hydrogens (tertiary/aromatic N) is 6. The fourth-order valence-corrected chi connectivity index (χ4v) is 7.49. The molecule has 2 aromatic carbocycles. The van der Waals surface area contributed by atoms with Gasteiger partial charge >= 0.3 is 6.01 Å². The van der Waals surface area contributed by atoms with Gasteiger partial charge in [-0.1, -0.05) is 37.3 Å². The highest BCUT2D eigenvalue weighted by Gasteiger charge is 2.44. The number of ether oxygens (including phenoxy) is 1. The molecule has 0 spiro atoms. The Morgan fingerprint density at radius 3 is 2.57 bits per heavy atom. The van der Waals surface area contributed by atoms with Crippen molar-refractivity contribution in [2.75, 3.05) is 44.0 Å². The van der Waals surface area contributed by atoms with Gasteiger partial charge in [-0.2, -0.15) is 15.1 Å². The van der Waals surface area contributed by atoms with Gasteiger partial charge in [0.15, 0.2) is 0 Å². The van der Waals surface area contributed by atoms with E-state index in [9.17, 15) is 8.42 Å². The molecule has 0 saturated heterocycles. The van der Waals surface area contributed by atoms with Gasteiger partial charge < -0.3 is 19.9 Å². The number of primary sulfonamides is 1. The highest BCUT2D eigenvalue weighted by molar-refractivity contribution is 7.89. The first-order chi connectivity index (χ1) is 21.0. The van der Waals surface area contributed by atoms with Crippen LogP contribution in [0.15, 0.2) is 41.3 Å². The second-order valence-corrected chi connectivity index (χ2v) is 14.0. The van der Waals surface area contributed by atoms with Crippen LogP contribution in [0.1, 0.15) is 48.0 Å². The normalized spacial score (nSPS) is 15.9. The van der Waals surface area contributed by atoms with E-state index in [-0.39, 0.29) is 16.9 Å². The van der Waals surface area contributed by atoms with Gasteiger partial charge in [-0.25, -0.2) is 13.6 Å². The summed E-state index contributed by atoms with van der Waals surface area (Å²) in [6.07, 6.45) is 3.90. The number of anilines is 2. The fraction of sp³-hybridized carbons (Fsp3) is 0.469. The molecule has 234 valence electrons. The van der Waals surface area contributed by atoms with Gasteiger partial charge in [-0.05, 0) is 63.7 Å². The topological polar surface area (TPSA) is 132 Å². The molecule has 2 aromatic heterocycles. The van der Waals surface area contributed by atoms with Gasteiger partial charge in [0, 0.05) is 42.2 Å². The lowest BCUT2D eigenvalue weighted by Gasteiger charge is -2.32. The maximum Gasteiger partial charge on any atom is 0.318 e. The number of benzene rings is 2. The monoisotopic (exact) mass is 618 g/mol. The first kappa shape index (κ1) is 30.3. The lowest BCUT2D eigenvalue weighted by Crippen LogP contribution is -2.33. The van der Waals surface area contributed by atoms with Crippen LogP contribution in [0.5, 0.6) is 6.01 Å². The smallest absolute Gasteiger partial charge is 0.318 e. The Kier molecular flexibility index (Phi) is 8.02. The molecule has 0 atom stereocenters. The van der Waals surface area contributed by atoms with Gasteiger partial charge in [-0.15, -0.1) is 0 Å². The molecule has 0 unspecified atom stereocenters. The number of hydrogen-bond donors (Lipinski definition) is 2. The summed E-state index contributed by atoms with van der Waals surface area (Å²) in [5.41, 5.74) is 5.39. The van der Waals surface area contributed by atoms with E-state index in [2.05, 4.69) is 77.6 Å². The molecular weight excluding hydrogens is 576 g/mol. The SMILES string of the molecule is CCc1cccc2cccc(N3CCc4c(nc(OCC5(CN(C)C)CC5)nc4NCc4nn(C)c(C)c4S(N)(=O)=O)C3)c12. The summed E-state index contributed by atoms with van der Waals surface area (Å²) in [4.78, 5) is 14.4. The Labute approximate surface area is 259 Å². The first-order valence-corrected chi connectivity index (χ1v) is 16.7. The second-order valence-electron chi connectivity index (χ2n) is 12.5. The third-order valence-corrected chi connectivity index (χ3v) is 10.0. The Balaban J connectivity index is 1.34. The number of nitrogens with two attached hydrogens (primary N) is 1. The molecule has 3 N–H and O–H groups in total. The molecule has 0 amide bonds. The Hall–Kier alpha value is -3.74. The molecule has 1 saturated carbocycles. The maximum atomic E-state index is 12.4. The van der Waals surface area contributed by atoms with Crippen molar-refractivity contribution in [3.05, 3.63) is 64.6 Å². The zero-order valence-corrected chi connectivity index (χ0v) is 27.0. The molecule has 1 aliphatic heterocycles. The third-order valence-electron chi connectivity index (χ3n) is 8.91. The highest BCUT2D eigenvalue weighted by Crippen LogP contribution is 2.46. The summed E-state index contributed by atoms with van der Waals surface area (Å²) in [6.45, 7) is 6.93. The van der Waals surface area contributed by atoms with Crippen LogP contribution in [0.25, 0.3) is 10.8 Å². The third kappa shape index (κ3) is 5.98. The van der Waals surface area contributed by atoms with Crippen LogP contribution in [-0.2, 0) is 43.0 Å². The van der Waals surface area contributed by atoms with E-state index >= 15 is 0 Å². The van der Waals surface area contributed by atoms with Gasteiger partial charge in [0.25, 0.3) is 0 Å². The van der Waals surface area contributed by atoms with Gasteiger partial charge in [0.2, 0.25) is 10.0 Å². The van der Waals surface area contributed by atoms with Crippen molar-refractivity contribution in [1.82, 2.24) is 24.6 Å². The highest BCUT2D eigenvalue weighted by atomic mass is 32.2. The summed E-state index contributed by atoms with van der Waals surface area (Å²) in [7, 11) is 1.92. The van der Waals surface area contributed by atoms with Crippen LogP contribution < -0.4 is 20.1 Å². The van der Waals surface area contributed by atoms with Crippen LogP contribution >= 0.6 is 0 Å². The number of aromatic nitrogens is 4. The minimum absolute atomic E-state index is 0.0418. The molecule has 11 nitrogen and oxygen atoms in total. The molecular formula is C32H42N8O3S. The van der Waals surface area contributed by atoms with Crippen molar-refractivity contribution >= 4 is 32.3 Å². The zero-order valence-electron chi connectivity index (χ0n) is 26.2. The van der Waals surface area contributed by atoms with Crippen molar-refractivity contribution in [3.8, 4) is 6.01 Å². The van der Waals surface area contributed by atoms with Crippen LogP contribution in [0, 0.1) is 12.3 Å². The van der Waals surface area contributed by atoms with E-state index in [1.807, 2.05) is 0 Å². The van der Waals surface area contributed by atoms with E-state index in [1.54, 1.807) is 14.0 Å². The summed E-state index contributed by atoms with van der Waals surface area (Å²) >= 11 is 0. The molecule has 1 fully saturated rings. The largest absolute Gasteiger partial charge is 0.463 e. The van der Waals surface area contributed by atoms with Gasteiger partial charge in [0.1, 0.15) is 16.4 Å². The molecule has 12 heteroatoms. The van der Waals surface area contributed by atoms with Crippen LogP contribution in [0.3, 0.4) is 0 Å². The summed E-state index contributed by atoms with van der Waals surface area (Å²) < 4.78 is 32.6. The number of nitrogens with one attached hydrogen (secondary N) is 1. The average molecular weight is 619 g/mol. The standard InChI is InChI=1S/C32H42N8O3S/c1-6-22-9-7-10-23-11-8-12-27(28(22)23)40-16-13-24-26(18-40)35-31(43-20-32(14-15-32)19-38(3)4)36-30(24)34-17-25-29(44(33,41)42)21(2)39(5)37-25/h7-12H,6,13-20H2,1-5H3,(H2,33,41,42)(H,34,35,36). The molecule has 1 aliphatic carbocycles. The van der Waals surface area contributed by atoms with Crippen LogP contribution in [0.2, 0.25) is 0 Å². The minimum atomic E-state index is -3.95. The quantitative estimate of drug-likeness (QED) is 0.258. The van der Waals surface area contributed by atoms with Crippen molar-refractivity contribution in [3.63, 3.8) is 0 Å². The molecule has 2 aliphatic rings. The van der Waals surface area contributed by atoms with E-state index in [1.165, 1.54) is 26.7 Å². The number of rotatable bonds is 11. The molecule has 44 heavy (non-hydrogen) atoms. The second kappa shape index (κ2) is 11.6. The predicted octanol–water partition coefficient (Wildman–Crippen LogP) is 3.78.